The summed E-state index contributed by atoms with van der Waals surface area (Å²) in [5, 5.41) is 17.1. The Labute approximate surface area is 182 Å². The maximum Gasteiger partial charge on any atom is 0.407 e. The van der Waals surface area contributed by atoms with Crippen LogP contribution >= 0.6 is 0 Å². The molecule has 4 rings (SSSR count). The Morgan fingerprint density at radius 2 is 2.12 bits per heavy atom. The topological polar surface area (TPSA) is 113 Å². The number of hydrogen-bond donors (Lipinski definition) is 3. The number of nitrogens with two attached hydrogens (primary N) is 1. The Morgan fingerprint density at radius 1 is 1.38 bits per heavy atom. The number of aryl methyl sites for hydroxylation is 1. The number of aromatic nitrogens is 3. The molecule has 32 heavy (non-hydrogen) atoms. The van der Waals surface area contributed by atoms with Crippen LogP contribution in [0.3, 0.4) is 0 Å². The number of benzene rings is 1. The van der Waals surface area contributed by atoms with Crippen molar-refractivity contribution in [3.05, 3.63) is 51.9 Å². The molecule has 1 unspecified atom stereocenters. The molecule has 0 radical (unpaired) electrons. The number of H-pyrrole nitrogens is 1. The first-order valence-corrected chi connectivity index (χ1v) is 10.4. The number of nitriles is 1. The number of rotatable bonds is 7. The number of aromatic amines is 1. The van der Waals surface area contributed by atoms with Crippen LogP contribution in [0.1, 0.15) is 48.9 Å². The molecule has 0 aliphatic heterocycles. The summed E-state index contributed by atoms with van der Waals surface area (Å²) < 4.78 is 40.8. The number of fused-ring (bicyclic) bond motifs is 1. The fourth-order valence-electron chi connectivity index (χ4n) is 4.11. The van der Waals surface area contributed by atoms with E-state index in [1.807, 2.05) is 4.68 Å². The number of nitrogens with one attached hydrogen (secondary N) is 2. The van der Waals surface area contributed by atoms with E-state index < -0.39 is 12.2 Å². The molecule has 1 saturated carbocycles. The first kappa shape index (κ1) is 21.9. The number of halogens is 3. The molecule has 1 aliphatic carbocycles. The first-order valence-electron chi connectivity index (χ1n) is 10.4. The molecule has 168 valence electrons. The first-order chi connectivity index (χ1) is 15.2. The molecule has 0 spiro atoms. The van der Waals surface area contributed by atoms with E-state index in [1.165, 1.54) is 12.1 Å². The second kappa shape index (κ2) is 8.31. The second-order valence-corrected chi connectivity index (χ2v) is 8.18. The Hall–Kier alpha value is -3.32. The molecule has 0 amide bonds. The van der Waals surface area contributed by atoms with Crippen molar-refractivity contribution in [1.29, 1.82) is 5.26 Å². The SMILES string of the molecule is Cc1cc(Nc2nn([C@@H](CCC#N)C3CC3)c3cc[nH]c(=O)c23)ccc1C(N)C(F)(F)F. The zero-order chi connectivity index (χ0) is 23.0. The average Bonchev–Trinajstić information content (AvgIpc) is 3.50. The molecule has 2 aromatic heterocycles. The van der Waals surface area contributed by atoms with Gasteiger partial charge in [0.05, 0.1) is 17.6 Å². The van der Waals surface area contributed by atoms with Crippen molar-refractivity contribution in [2.24, 2.45) is 11.7 Å². The molecule has 3 aromatic rings. The summed E-state index contributed by atoms with van der Waals surface area (Å²) in [6.07, 6.45) is 0.122. The van der Waals surface area contributed by atoms with Gasteiger partial charge in [0.2, 0.25) is 0 Å². The summed E-state index contributed by atoms with van der Waals surface area (Å²) >= 11 is 0. The van der Waals surface area contributed by atoms with Gasteiger partial charge in [-0.2, -0.15) is 23.5 Å². The zero-order valence-corrected chi connectivity index (χ0v) is 17.4. The number of alkyl halides is 3. The molecule has 4 N–H and O–H groups in total. The molecule has 0 bridgehead atoms. The smallest absolute Gasteiger partial charge is 0.338 e. The molecule has 10 heteroatoms. The summed E-state index contributed by atoms with van der Waals surface area (Å²) in [7, 11) is 0. The summed E-state index contributed by atoms with van der Waals surface area (Å²) in [4.78, 5) is 15.3. The fraction of sp³-hybridized carbons (Fsp3) is 0.409. The van der Waals surface area contributed by atoms with E-state index in [4.69, 9.17) is 11.0 Å². The van der Waals surface area contributed by atoms with E-state index in [2.05, 4.69) is 21.5 Å². The van der Waals surface area contributed by atoms with Crippen LogP contribution < -0.4 is 16.6 Å². The minimum atomic E-state index is -4.54. The van der Waals surface area contributed by atoms with Gasteiger partial charge in [-0.3, -0.25) is 9.48 Å². The molecular formula is C22H23F3N6O. The van der Waals surface area contributed by atoms with Gasteiger partial charge in [0, 0.05) is 18.3 Å². The second-order valence-electron chi connectivity index (χ2n) is 8.18. The summed E-state index contributed by atoms with van der Waals surface area (Å²) in [5.41, 5.74) is 6.54. The Balaban J connectivity index is 1.72. The van der Waals surface area contributed by atoms with Gasteiger partial charge in [0.1, 0.15) is 11.4 Å². The summed E-state index contributed by atoms with van der Waals surface area (Å²) in [6, 6.07) is 6.25. The highest BCUT2D eigenvalue weighted by molar-refractivity contribution is 5.91. The van der Waals surface area contributed by atoms with Crippen LogP contribution in [0.5, 0.6) is 0 Å². The molecule has 1 aliphatic rings. The third-order valence-electron chi connectivity index (χ3n) is 5.88. The van der Waals surface area contributed by atoms with Crippen LogP contribution in [0.4, 0.5) is 24.7 Å². The highest BCUT2D eigenvalue weighted by Crippen LogP contribution is 2.43. The molecular weight excluding hydrogens is 421 g/mol. The lowest BCUT2D eigenvalue weighted by Crippen LogP contribution is -2.29. The van der Waals surface area contributed by atoms with Gasteiger partial charge >= 0.3 is 6.18 Å². The van der Waals surface area contributed by atoms with Crippen LogP contribution in [0, 0.1) is 24.2 Å². The standard InChI is InChI=1S/C22H23F3N6O/c1-12-11-14(6-7-15(12)19(27)22(23,24)25)29-20-18-17(8-10-28-21(18)32)31(30-20)16(3-2-9-26)13-4-5-13/h6-8,10-11,13,16,19H,2-5,27H2,1H3,(H,28,32)(H,29,30)/t16-,19?/m0/s1. The van der Waals surface area contributed by atoms with Crippen molar-refractivity contribution in [3.63, 3.8) is 0 Å². The van der Waals surface area contributed by atoms with Crippen molar-refractivity contribution in [1.82, 2.24) is 14.8 Å². The van der Waals surface area contributed by atoms with E-state index in [0.29, 0.717) is 46.7 Å². The van der Waals surface area contributed by atoms with Crippen molar-refractivity contribution < 1.29 is 13.2 Å². The third kappa shape index (κ3) is 4.21. The molecule has 2 heterocycles. The van der Waals surface area contributed by atoms with Crippen LogP contribution in [0.25, 0.3) is 10.9 Å². The van der Waals surface area contributed by atoms with Gasteiger partial charge in [0.15, 0.2) is 5.82 Å². The molecule has 7 nitrogen and oxygen atoms in total. The number of hydrogen-bond acceptors (Lipinski definition) is 5. The summed E-state index contributed by atoms with van der Waals surface area (Å²) in [5.74, 6) is 0.723. The van der Waals surface area contributed by atoms with Gasteiger partial charge in [0.25, 0.3) is 5.56 Å². The molecule has 1 aromatic carbocycles. The van der Waals surface area contributed by atoms with Crippen molar-refractivity contribution >= 4 is 22.4 Å². The molecule has 1 fully saturated rings. The van der Waals surface area contributed by atoms with E-state index in [1.54, 1.807) is 25.3 Å². The number of anilines is 2. The number of pyridine rings is 1. The maximum absolute atomic E-state index is 13.0. The Bertz CT molecular complexity index is 1240. The monoisotopic (exact) mass is 444 g/mol. The van der Waals surface area contributed by atoms with E-state index in [9.17, 15) is 18.0 Å². The highest BCUT2D eigenvalue weighted by atomic mass is 19.4. The van der Waals surface area contributed by atoms with Crippen LogP contribution in [0.15, 0.2) is 35.3 Å². The van der Waals surface area contributed by atoms with Gasteiger partial charge < -0.3 is 16.0 Å². The fourth-order valence-corrected chi connectivity index (χ4v) is 4.11. The Morgan fingerprint density at radius 3 is 2.75 bits per heavy atom. The van der Waals surface area contributed by atoms with Crippen molar-refractivity contribution in [3.8, 4) is 6.07 Å². The normalized spacial score (nSPS) is 16.0. The van der Waals surface area contributed by atoms with Gasteiger partial charge in [-0.05, 0) is 61.4 Å². The minimum Gasteiger partial charge on any atom is -0.338 e. The molecule has 2 atom stereocenters. The van der Waals surface area contributed by atoms with Crippen molar-refractivity contribution in [2.45, 2.75) is 50.9 Å². The van der Waals surface area contributed by atoms with Gasteiger partial charge in [-0.15, -0.1) is 0 Å². The third-order valence-corrected chi connectivity index (χ3v) is 5.88. The lowest BCUT2D eigenvalue weighted by atomic mass is 10.0. The van der Waals surface area contributed by atoms with Crippen LogP contribution in [0.2, 0.25) is 0 Å². The molecule has 0 saturated heterocycles. The van der Waals surface area contributed by atoms with Crippen LogP contribution in [-0.2, 0) is 0 Å². The van der Waals surface area contributed by atoms with Gasteiger partial charge in [-0.1, -0.05) is 6.07 Å². The summed E-state index contributed by atoms with van der Waals surface area (Å²) in [6.45, 7) is 1.56. The van der Waals surface area contributed by atoms with E-state index >= 15 is 0 Å². The van der Waals surface area contributed by atoms with Crippen molar-refractivity contribution in [2.75, 3.05) is 5.32 Å². The van der Waals surface area contributed by atoms with E-state index in [0.717, 1.165) is 12.8 Å². The largest absolute Gasteiger partial charge is 0.407 e. The number of nitrogens with zero attached hydrogens (tertiary/aromatic N) is 3. The highest BCUT2D eigenvalue weighted by Gasteiger charge is 2.38. The van der Waals surface area contributed by atoms with E-state index in [-0.39, 0.29) is 17.2 Å². The predicted molar refractivity (Wildman–Crippen MR) is 114 cm³/mol. The Kier molecular flexibility index (Phi) is 5.69. The zero-order valence-electron chi connectivity index (χ0n) is 17.4. The lowest BCUT2D eigenvalue weighted by Gasteiger charge is -2.18. The average molecular weight is 444 g/mol. The minimum absolute atomic E-state index is 0.00314. The van der Waals surface area contributed by atoms with Gasteiger partial charge in [-0.25, -0.2) is 0 Å². The quantitative estimate of drug-likeness (QED) is 0.493. The van der Waals surface area contributed by atoms with Crippen LogP contribution in [-0.4, -0.2) is 20.9 Å². The predicted octanol–water partition coefficient (Wildman–Crippen LogP) is 4.59. The maximum atomic E-state index is 13.0. The lowest BCUT2D eigenvalue weighted by molar-refractivity contribution is -0.149.